The molecule has 0 saturated carbocycles. The van der Waals surface area contributed by atoms with Gasteiger partial charge in [-0.15, -0.1) is 5.10 Å². The van der Waals surface area contributed by atoms with Gasteiger partial charge in [-0.2, -0.15) is 0 Å². The van der Waals surface area contributed by atoms with Gasteiger partial charge < -0.3 is 13.3 Å². The van der Waals surface area contributed by atoms with Crippen LogP contribution in [-0.4, -0.2) is 43.6 Å². The van der Waals surface area contributed by atoms with Crippen molar-refractivity contribution < 1.29 is 13.3 Å². The van der Waals surface area contributed by atoms with Gasteiger partial charge in [0.15, 0.2) is 0 Å². The molecular weight excluding hydrogens is 262 g/mol. The van der Waals surface area contributed by atoms with Gasteiger partial charge in [0.1, 0.15) is 0 Å². The third kappa shape index (κ3) is 5.39. The second kappa shape index (κ2) is 8.42. The van der Waals surface area contributed by atoms with Crippen molar-refractivity contribution in [1.82, 2.24) is 15.0 Å². The molecule has 1 heterocycles. The van der Waals surface area contributed by atoms with Crippen LogP contribution in [0.15, 0.2) is 6.20 Å². The fourth-order valence-corrected chi connectivity index (χ4v) is 4.56. The van der Waals surface area contributed by atoms with Crippen LogP contribution in [-0.2, 0) is 19.8 Å². The minimum Gasteiger partial charge on any atom is -0.374 e. The van der Waals surface area contributed by atoms with Crippen molar-refractivity contribution in [1.29, 1.82) is 0 Å². The minimum atomic E-state index is -2.50. The van der Waals surface area contributed by atoms with Crippen LogP contribution in [0, 0.1) is 6.92 Å². The second-order valence-corrected chi connectivity index (χ2v) is 6.94. The summed E-state index contributed by atoms with van der Waals surface area (Å²) in [5.74, 6) is 0. The maximum Gasteiger partial charge on any atom is 0.500 e. The molecule has 0 aliphatic carbocycles. The normalized spacial score (nSPS) is 12.0. The lowest BCUT2D eigenvalue weighted by Gasteiger charge is -2.28. The molecule has 0 amide bonds. The van der Waals surface area contributed by atoms with Crippen molar-refractivity contribution in [3.63, 3.8) is 0 Å². The zero-order valence-electron chi connectivity index (χ0n) is 12.4. The molecule has 0 N–H and O–H groups in total. The van der Waals surface area contributed by atoms with Crippen molar-refractivity contribution in [3.05, 3.63) is 11.9 Å². The van der Waals surface area contributed by atoms with Gasteiger partial charge in [0, 0.05) is 38.6 Å². The van der Waals surface area contributed by atoms with Crippen LogP contribution in [0.3, 0.4) is 0 Å². The van der Waals surface area contributed by atoms with Gasteiger partial charge in [-0.1, -0.05) is 5.21 Å². The highest BCUT2D eigenvalue weighted by Crippen LogP contribution is 2.18. The molecule has 1 aromatic rings. The second-order valence-electron chi connectivity index (χ2n) is 4.21. The Hall–Kier alpha value is -0.763. The molecular formula is C12H25N3O3Si. The molecule has 110 valence electrons. The fraction of sp³-hybridized carbons (Fsp3) is 0.833. The smallest absolute Gasteiger partial charge is 0.374 e. The maximum atomic E-state index is 5.80. The van der Waals surface area contributed by atoms with E-state index in [-0.39, 0.29) is 0 Å². The van der Waals surface area contributed by atoms with E-state index < -0.39 is 8.80 Å². The maximum absolute atomic E-state index is 5.80. The summed E-state index contributed by atoms with van der Waals surface area (Å²) in [4.78, 5) is 0. The van der Waals surface area contributed by atoms with Gasteiger partial charge >= 0.3 is 8.80 Å². The van der Waals surface area contributed by atoms with E-state index >= 15 is 0 Å². The summed E-state index contributed by atoms with van der Waals surface area (Å²) >= 11 is 0. The van der Waals surface area contributed by atoms with E-state index in [0.717, 1.165) is 24.7 Å². The molecule has 0 atom stereocenters. The van der Waals surface area contributed by atoms with Crippen LogP contribution in [0.25, 0.3) is 0 Å². The van der Waals surface area contributed by atoms with Crippen LogP contribution in [0.4, 0.5) is 0 Å². The molecule has 0 fully saturated rings. The standard InChI is InChI=1S/C12H25N3O3Si/c1-5-16-19(17-6-2,18-7-3)10-8-9-15-11-12(4)13-14-15/h11H,5-10H2,1-4H3. The number of hydrogen-bond donors (Lipinski definition) is 0. The highest BCUT2D eigenvalue weighted by molar-refractivity contribution is 6.60. The molecule has 0 radical (unpaired) electrons. The first kappa shape index (κ1) is 16.3. The number of rotatable bonds is 10. The highest BCUT2D eigenvalue weighted by Gasteiger charge is 2.39. The molecule has 19 heavy (non-hydrogen) atoms. The number of aryl methyl sites for hydroxylation is 2. The molecule has 6 nitrogen and oxygen atoms in total. The Morgan fingerprint density at radius 2 is 1.68 bits per heavy atom. The van der Waals surface area contributed by atoms with Crippen LogP contribution < -0.4 is 0 Å². The average molecular weight is 287 g/mol. The van der Waals surface area contributed by atoms with E-state index in [1.807, 2.05) is 38.6 Å². The van der Waals surface area contributed by atoms with E-state index in [0.29, 0.717) is 19.8 Å². The largest absolute Gasteiger partial charge is 0.500 e. The number of hydrogen-bond acceptors (Lipinski definition) is 5. The molecule has 1 aromatic heterocycles. The summed E-state index contributed by atoms with van der Waals surface area (Å²) in [5.41, 5.74) is 0.933. The van der Waals surface area contributed by atoms with Crippen molar-refractivity contribution in [2.45, 2.75) is 46.7 Å². The van der Waals surface area contributed by atoms with Crippen molar-refractivity contribution in [2.75, 3.05) is 19.8 Å². The zero-order chi connectivity index (χ0) is 14.1. The lowest BCUT2D eigenvalue weighted by Crippen LogP contribution is -2.46. The molecule has 0 aromatic carbocycles. The summed E-state index contributed by atoms with van der Waals surface area (Å²) in [7, 11) is -2.50. The van der Waals surface area contributed by atoms with Crippen LogP contribution in [0.2, 0.25) is 6.04 Å². The minimum absolute atomic E-state index is 0.620. The highest BCUT2D eigenvalue weighted by atomic mass is 28.4. The summed E-state index contributed by atoms with van der Waals surface area (Å²) in [6, 6.07) is 0.807. The third-order valence-corrected chi connectivity index (χ3v) is 5.77. The SMILES string of the molecule is CCO[Si](CCCn1cc(C)nn1)(OCC)OCC. The van der Waals surface area contributed by atoms with E-state index in [1.54, 1.807) is 0 Å². The van der Waals surface area contributed by atoms with Gasteiger partial charge in [0.25, 0.3) is 0 Å². The predicted molar refractivity (Wildman–Crippen MR) is 74.8 cm³/mol. The Kier molecular flexibility index (Phi) is 7.22. The quantitative estimate of drug-likeness (QED) is 0.616. The van der Waals surface area contributed by atoms with Crippen molar-refractivity contribution in [2.24, 2.45) is 0 Å². The van der Waals surface area contributed by atoms with E-state index in [4.69, 9.17) is 13.3 Å². The molecule has 0 spiro atoms. The van der Waals surface area contributed by atoms with Gasteiger partial charge in [-0.25, -0.2) is 0 Å². The average Bonchev–Trinajstić information content (AvgIpc) is 2.76. The summed E-state index contributed by atoms with van der Waals surface area (Å²) in [6.45, 7) is 10.5. The third-order valence-electron chi connectivity index (χ3n) is 2.62. The number of aromatic nitrogens is 3. The van der Waals surface area contributed by atoms with Crippen LogP contribution >= 0.6 is 0 Å². The molecule has 0 aliphatic rings. The Morgan fingerprint density at radius 3 is 2.11 bits per heavy atom. The van der Waals surface area contributed by atoms with Gasteiger partial charge in [-0.3, -0.25) is 4.68 Å². The van der Waals surface area contributed by atoms with E-state index in [9.17, 15) is 0 Å². The molecule has 7 heteroatoms. The fourth-order valence-electron chi connectivity index (χ4n) is 1.96. The first-order valence-corrected chi connectivity index (χ1v) is 8.87. The first-order valence-electron chi connectivity index (χ1n) is 6.94. The Labute approximate surface area is 116 Å². The van der Waals surface area contributed by atoms with Crippen LogP contribution in [0.5, 0.6) is 0 Å². The molecule has 1 rings (SSSR count). The van der Waals surface area contributed by atoms with E-state index in [2.05, 4.69) is 10.3 Å². The first-order chi connectivity index (χ1) is 9.15. The lowest BCUT2D eigenvalue weighted by molar-refractivity contribution is 0.0704. The summed E-state index contributed by atoms with van der Waals surface area (Å²) in [6.07, 6.45) is 2.85. The Morgan fingerprint density at radius 1 is 1.11 bits per heavy atom. The molecule has 0 bridgehead atoms. The van der Waals surface area contributed by atoms with Gasteiger partial charge in [0.05, 0.1) is 5.69 Å². The Balaban J connectivity index is 2.50. The Bertz CT molecular complexity index is 343. The van der Waals surface area contributed by atoms with Gasteiger partial charge in [0.2, 0.25) is 0 Å². The van der Waals surface area contributed by atoms with Crippen molar-refractivity contribution in [3.8, 4) is 0 Å². The molecule has 0 saturated heterocycles. The van der Waals surface area contributed by atoms with E-state index in [1.165, 1.54) is 0 Å². The zero-order valence-corrected chi connectivity index (χ0v) is 13.4. The predicted octanol–water partition coefficient (Wildman–Crippen LogP) is 2.03. The van der Waals surface area contributed by atoms with Gasteiger partial charge in [-0.05, 0) is 34.1 Å². The summed E-state index contributed by atoms with van der Waals surface area (Å²) < 4.78 is 19.3. The lowest BCUT2D eigenvalue weighted by atomic mass is 10.5. The molecule has 0 aliphatic heterocycles. The monoisotopic (exact) mass is 287 g/mol. The topological polar surface area (TPSA) is 58.4 Å². The molecule has 0 unspecified atom stereocenters. The van der Waals surface area contributed by atoms with Crippen molar-refractivity contribution >= 4 is 8.80 Å². The van der Waals surface area contributed by atoms with Crippen LogP contribution in [0.1, 0.15) is 32.9 Å². The number of nitrogens with zero attached hydrogens (tertiary/aromatic N) is 3. The summed E-state index contributed by atoms with van der Waals surface area (Å²) in [5, 5.41) is 8.00.